The van der Waals surface area contributed by atoms with Gasteiger partial charge in [0.2, 0.25) is 0 Å². The first-order valence-electron chi connectivity index (χ1n) is 3.64. The summed E-state index contributed by atoms with van der Waals surface area (Å²) in [7, 11) is 0. The van der Waals surface area contributed by atoms with Crippen LogP contribution in [0.5, 0.6) is 0 Å². The highest BCUT2D eigenvalue weighted by Crippen LogP contribution is 2.28. The molecular formula is C7H14FN. The molecule has 1 N–H and O–H groups in total. The van der Waals surface area contributed by atoms with Crippen molar-refractivity contribution in [3.8, 4) is 0 Å². The van der Waals surface area contributed by atoms with Gasteiger partial charge in [-0.15, -0.1) is 0 Å². The van der Waals surface area contributed by atoms with Gasteiger partial charge in [-0.3, -0.25) is 4.39 Å². The fourth-order valence-corrected chi connectivity index (χ4v) is 0.961. The number of alkyl halides is 1. The zero-order valence-corrected chi connectivity index (χ0v) is 5.86. The minimum Gasteiger partial charge on any atom is -0.314 e. The van der Waals surface area contributed by atoms with Crippen molar-refractivity contribution in [2.24, 2.45) is 5.92 Å². The van der Waals surface area contributed by atoms with Crippen molar-refractivity contribution < 1.29 is 4.39 Å². The van der Waals surface area contributed by atoms with E-state index in [0.717, 1.165) is 12.5 Å². The number of halogens is 1. The summed E-state index contributed by atoms with van der Waals surface area (Å²) in [4.78, 5) is 0. The fraction of sp³-hybridized carbons (Fsp3) is 1.00. The molecule has 0 saturated heterocycles. The van der Waals surface area contributed by atoms with Crippen LogP contribution in [0.3, 0.4) is 0 Å². The van der Waals surface area contributed by atoms with Crippen LogP contribution in [0.1, 0.15) is 19.8 Å². The lowest BCUT2D eigenvalue weighted by molar-refractivity contribution is 0.456. The molecule has 0 spiro atoms. The van der Waals surface area contributed by atoms with Crippen LogP contribution < -0.4 is 5.32 Å². The first-order valence-corrected chi connectivity index (χ1v) is 3.64. The minimum absolute atomic E-state index is 0.186. The van der Waals surface area contributed by atoms with E-state index in [0.29, 0.717) is 12.5 Å². The summed E-state index contributed by atoms with van der Waals surface area (Å²) in [6.45, 7) is 2.88. The summed E-state index contributed by atoms with van der Waals surface area (Å²) in [6.07, 6.45) is 1.95. The highest BCUT2D eigenvalue weighted by atomic mass is 19.1. The summed E-state index contributed by atoms with van der Waals surface area (Å²) in [5.41, 5.74) is 0. The molecule has 0 aliphatic heterocycles. The first-order chi connectivity index (χ1) is 4.34. The molecule has 0 aromatic carbocycles. The van der Waals surface area contributed by atoms with Gasteiger partial charge in [-0.25, -0.2) is 0 Å². The van der Waals surface area contributed by atoms with Crippen LogP contribution in [-0.2, 0) is 0 Å². The maximum Gasteiger partial charge on any atom is 0.0906 e. The van der Waals surface area contributed by atoms with Gasteiger partial charge < -0.3 is 5.32 Å². The summed E-state index contributed by atoms with van der Waals surface area (Å²) in [5.74, 6) is 0.838. The maximum atomic E-state index is 11.5. The van der Waals surface area contributed by atoms with E-state index in [2.05, 4.69) is 12.2 Å². The number of hydrogen-bond donors (Lipinski definition) is 1. The van der Waals surface area contributed by atoms with Crippen LogP contribution in [0.2, 0.25) is 0 Å². The SMILES string of the molecule is CC1CC1NCCCF. The van der Waals surface area contributed by atoms with Crippen LogP contribution in [-0.4, -0.2) is 19.3 Å². The van der Waals surface area contributed by atoms with E-state index in [-0.39, 0.29) is 6.67 Å². The van der Waals surface area contributed by atoms with Gasteiger partial charge >= 0.3 is 0 Å². The van der Waals surface area contributed by atoms with E-state index in [9.17, 15) is 4.39 Å². The van der Waals surface area contributed by atoms with Crippen LogP contribution >= 0.6 is 0 Å². The number of rotatable bonds is 4. The monoisotopic (exact) mass is 131 g/mol. The number of hydrogen-bond acceptors (Lipinski definition) is 1. The Hall–Kier alpha value is -0.110. The molecule has 1 rings (SSSR count). The average Bonchev–Trinajstić information content (AvgIpc) is 2.48. The third-order valence-corrected chi connectivity index (χ3v) is 1.83. The lowest BCUT2D eigenvalue weighted by atomic mass is 10.4. The Bertz CT molecular complexity index is 85.0. The molecule has 54 valence electrons. The van der Waals surface area contributed by atoms with Crippen LogP contribution in [0.25, 0.3) is 0 Å². The molecule has 1 saturated carbocycles. The van der Waals surface area contributed by atoms with Crippen LogP contribution in [0, 0.1) is 5.92 Å². The van der Waals surface area contributed by atoms with Gasteiger partial charge in [0.25, 0.3) is 0 Å². The molecule has 2 unspecified atom stereocenters. The molecule has 0 heterocycles. The Labute approximate surface area is 55.6 Å². The predicted octanol–water partition coefficient (Wildman–Crippen LogP) is 1.34. The molecule has 0 radical (unpaired) electrons. The van der Waals surface area contributed by atoms with Gasteiger partial charge in [0.15, 0.2) is 0 Å². The summed E-state index contributed by atoms with van der Waals surface area (Å²) in [5, 5.41) is 3.27. The van der Waals surface area contributed by atoms with Gasteiger partial charge in [0.1, 0.15) is 0 Å². The van der Waals surface area contributed by atoms with Gasteiger partial charge in [0, 0.05) is 6.04 Å². The second kappa shape index (κ2) is 3.16. The largest absolute Gasteiger partial charge is 0.314 e. The molecule has 0 bridgehead atoms. The summed E-state index contributed by atoms with van der Waals surface area (Å²) < 4.78 is 11.5. The lowest BCUT2D eigenvalue weighted by Crippen LogP contribution is -2.19. The summed E-state index contributed by atoms with van der Waals surface area (Å²) >= 11 is 0. The summed E-state index contributed by atoms with van der Waals surface area (Å²) in [6, 6.07) is 0.705. The van der Waals surface area contributed by atoms with Gasteiger partial charge in [-0.1, -0.05) is 6.92 Å². The topological polar surface area (TPSA) is 12.0 Å². The Kier molecular flexibility index (Phi) is 2.46. The minimum atomic E-state index is -0.186. The lowest BCUT2D eigenvalue weighted by Gasteiger charge is -1.97. The normalized spacial score (nSPS) is 32.7. The molecule has 1 aliphatic rings. The van der Waals surface area contributed by atoms with Crippen molar-refractivity contribution in [2.45, 2.75) is 25.8 Å². The standard InChI is InChI=1S/C7H14FN/c1-6-5-7(6)9-4-2-3-8/h6-7,9H,2-5H2,1H3. The zero-order valence-electron chi connectivity index (χ0n) is 5.86. The van der Waals surface area contributed by atoms with Crippen molar-refractivity contribution in [3.63, 3.8) is 0 Å². The van der Waals surface area contributed by atoms with Crippen molar-refractivity contribution >= 4 is 0 Å². The fourth-order valence-electron chi connectivity index (χ4n) is 0.961. The van der Waals surface area contributed by atoms with E-state index in [1.807, 2.05) is 0 Å². The Balaban J connectivity index is 1.83. The van der Waals surface area contributed by atoms with E-state index in [1.54, 1.807) is 0 Å². The van der Waals surface area contributed by atoms with E-state index in [4.69, 9.17) is 0 Å². The second-order valence-corrected chi connectivity index (χ2v) is 2.82. The Morgan fingerprint density at radius 1 is 1.67 bits per heavy atom. The van der Waals surface area contributed by atoms with Crippen molar-refractivity contribution in [1.82, 2.24) is 5.32 Å². The third-order valence-electron chi connectivity index (χ3n) is 1.83. The molecule has 0 aromatic heterocycles. The first kappa shape index (κ1) is 7.00. The van der Waals surface area contributed by atoms with Crippen molar-refractivity contribution in [3.05, 3.63) is 0 Å². The molecule has 1 fully saturated rings. The molecule has 2 atom stereocenters. The Morgan fingerprint density at radius 2 is 2.33 bits per heavy atom. The van der Waals surface area contributed by atoms with Crippen molar-refractivity contribution in [1.29, 1.82) is 0 Å². The molecule has 2 heteroatoms. The smallest absolute Gasteiger partial charge is 0.0906 e. The van der Waals surface area contributed by atoms with Crippen LogP contribution in [0.4, 0.5) is 4.39 Å². The average molecular weight is 131 g/mol. The third kappa shape index (κ3) is 2.31. The molecule has 1 aliphatic carbocycles. The molecule has 1 nitrogen and oxygen atoms in total. The second-order valence-electron chi connectivity index (χ2n) is 2.82. The van der Waals surface area contributed by atoms with Crippen molar-refractivity contribution in [2.75, 3.05) is 13.2 Å². The molecule has 9 heavy (non-hydrogen) atoms. The van der Waals surface area contributed by atoms with E-state index in [1.165, 1.54) is 6.42 Å². The predicted molar refractivity (Wildman–Crippen MR) is 36.2 cm³/mol. The number of nitrogens with one attached hydrogen (secondary N) is 1. The maximum absolute atomic E-state index is 11.5. The molecule has 0 amide bonds. The van der Waals surface area contributed by atoms with E-state index >= 15 is 0 Å². The van der Waals surface area contributed by atoms with Gasteiger partial charge in [-0.05, 0) is 25.3 Å². The highest BCUT2D eigenvalue weighted by Gasteiger charge is 2.31. The molecular weight excluding hydrogens is 117 g/mol. The highest BCUT2D eigenvalue weighted by molar-refractivity contribution is 4.89. The molecule has 0 aromatic rings. The Morgan fingerprint density at radius 3 is 2.78 bits per heavy atom. The zero-order chi connectivity index (χ0) is 6.69. The van der Waals surface area contributed by atoms with Gasteiger partial charge in [0.05, 0.1) is 6.67 Å². The van der Waals surface area contributed by atoms with Gasteiger partial charge in [-0.2, -0.15) is 0 Å². The van der Waals surface area contributed by atoms with Crippen LogP contribution in [0.15, 0.2) is 0 Å². The quantitative estimate of drug-likeness (QED) is 0.568. The van der Waals surface area contributed by atoms with E-state index < -0.39 is 0 Å².